The molecule has 14 rings (SSSR count). The molecule has 0 aromatic heterocycles. The number of halogens is 3. The topological polar surface area (TPSA) is 107 Å². The van der Waals surface area contributed by atoms with Gasteiger partial charge in [-0.1, -0.05) is 0 Å². The highest BCUT2D eigenvalue weighted by Crippen LogP contribution is 2.66. The minimum atomic E-state index is -4.56. The second-order valence-electron chi connectivity index (χ2n) is 20.5. The Morgan fingerprint density at radius 1 is 0.691 bits per heavy atom. The summed E-state index contributed by atoms with van der Waals surface area (Å²) in [6, 6.07) is 7.73. The van der Waals surface area contributed by atoms with Gasteiger partial charge >= 0.3 is 11.9 Å². The molecule has 12 bridgehead atoms. The Morgan fingerprint density at radius 3 is 1.84 bits per heavy atom. The van der Waals surface area contributed by atoms with Crippen LogP contribution >= 0.6 is 67.8 Å². The minimum Gasteiger partial charge on any atom is -0.455 e. The number of carbonyl (C=O) groups excluding carboxylic acids is 2. The average Bonchev–Trinajstić information content (AvgIpc) is 3.07. The van der Waals surface area contributed by atoms with Gasteiger partial charge in [-0.3, -0.25) is 9.35 Å². The Kier molecular flexibility index (Phi) is 8.85. The van der Waals surface area contributed by atoms with E-state index in [4.69, 9.17) is 9.47 Å². The molecule has 12 aliphatic carbocycles. The van der Waals surface area contributed by atoms with Crippen LogP contribution in [0.4, 0.5) is 0 Å². The molecular weight excluding hydrogens is 1050 g/mol. The molecule has 12 fully saturated rings. The number of ether oxygens (including phenoxy) is 2. The molecule has 0 spiro atoms. The fraction of sp³-hybridized carbons (Fsp3) is 0.682. The van der Waals surface area contributed by atoms with Crippen LogP contribution in [0.15, 0.2) is 29.2 Å². The molecule has 12 saturated carbocycles. The monoisotopic (exact) mass is 1100 g/mol. The maximum Gasteiger partial charge on any atom is 0.339 e. The molecule has 0 heterocycles. The summed E-state index contributed by atoms with van der Waals surface area (Å²) in [5.74, 6) is 4.44. The lowest BCUT2D eigenvalue weighted by atomic mass is 9.47. The molecule has 0 aliphatic heterocycles. The molecule has 2 unspecified atom stereocenters. The molecular formula is C44H49I3O7S. The van der Waals surface area contributed by atoms with E-state index in [0.29, 0.717) is 59.2 Å². The Morgan fingerprint density at radius 2 is 1.25 bits per heavy atom. The molecule has 294 valence electrons. The zero-order valence-electron chi connectivity index (χ0n) is 31.0. The van der Waals surface area contributed by atoms with E-state index < -0.39 is 21.1 Å². The first-order valence-corrected chi connectivity index (χ1v) is 25.6. The van der Waals surface area contributed by atoms with E-state index in [-0.39, 0.29) is 40.0 Å². The lowest BCUT2D eigenvalue weighted by Gasteiger charge is -2.59. The summed E-state index contributed by atoms with van der Waals surface area (Å²) >= 11 is 6.75. The Bertz CT molecular complexity index is 2050. The van der Waals surface area contributed by atoms with Gasteiger partial charge in [0.15, 0.2) is 0 Å². The van der Waals surface area contributed by atoms with Gasteiger partial charge in [0.05, 0.1) is 11.0 Å². The molecule has 12 aliphatic rings. The summed E-state index contributed by atoms with van der Waals surface area (Å²) in [6.45, 7) is 0. The SMILES string of the molecule is O=C(OC12CC3CC(C1)CC(C(=O)Oc1cc(C4C5CC6CC(C5)CC4C6)c(S(=O)(=O)O)c(C45CC6CC(CC(C6)C4)C5)c1)(C3)C2)c1cc(I)cc(I)c1I. The van der Waals surface area contributed by atoms with Crippen molar-refractivity contribution in [1.82, 2.24) is 0 Å². The highest BCUT2D eigenvalue weighted by molar-refractivity contribution is 14.1. The zero-order valence-corrected chi connectivity index (χ0v) is 38.3. The smallest absolute Gasteiger partial charge is 0.339 e. The van der Waals surface area contributed by atoms with Crippen molar-refractivity contribution in [2.75, 3.05) is 0 Å². The predicted octanol–water partition coefficient (Wildman–Crippen LogP) is 10.9. The molecule has 2 aromatic carbocycles. The minimum absolute atomic E-state index is 0.0465. The summed E-state index contributed by atoms with van der Waals surface area (Å²) in [5.41, 5.74) is 0.249. The van der Waals surface area contributed by atoms with Crippen molar-refractivity contribution in [3.8, 4) is 5.75 Å². The van der Waals surface area contributed by atoms with Crippen LogP contribution in [0.3, 0.4) is 0 Å². The van der Waals surface area contributed by atoms with Crippen LogP contribution < -0.4 is 4.74 Å². The summed E-state index contributed by atoms with van der Waals surface area (Å²) in [7, 11) is -4.56. The number of hydrogen-bond donors (Lipinski definition) is 1. The van der Waals surface area contributed by atoms with Gasteiger partial charge in [-0.15, -0.1) is 0 Å². The standard InChI is InChI=1S/C44H49I3O7S/c45-31-10-34(38(47)36(46)11-31)40(48)54-44-19-27-5-28(20-44)18-43(17-27,21-44)41(49)53-32-12-33(37-29-6-22-1-23(8-29)9-30(37)7-22)39(55(50,51)52)35(13-32)42-14-24-2-25(15-42)4-26(3-24)16-42/h10-13,22-30,37H,1-9,14-21H2,(H,50,51,52). The number of hydrogen-bond acceptors (Lipinski definition) is 6. The molecule has 2 atom stereocenters. The summed E-state index contributed by atoms with van der Waals surface area (Å²) < 4.78 is 55.1. The van der Waals surface area contributed by atoms with E-state index in [1.165, 1.54) is 25.7 Å². The normalized spacial score (nSPS) is 42.9. The molecule has 1 N–H and O–H groups in total. The fourth-order valence-corrected chi connectivity index (χ4v) is 19.6. The second kappa shape index (κ2) is 13.0. The van der Waals surface area contributed by atoms with Gasteiger partial charge < -0.3 is 9.47 Å². The molecule has 0 saturated heterocycles. The van der Waals surface area contributed by atoms with Crippen molar-refractivity contribution < 1.29 is 32.0 Å². The highest BCUT2D eigenvalue weighted by Gasteiger charge is 2.63. The van der Waals surface area contributed by atoms with Gasteiger partial charge in [-0.05, 0) is 270 Å². The van der Waals surface area contributed by atoms with Gasteiger partial charge in [-0.2, -0.15) is 8.42 Å². The van der Waals surface area contributed by atoms with Gasteiger partial charge in [0.25, 0.3) is 10.1 Å². The van der Waals surface area contributed by atoms with Crippen molar-refractivity contribution >= 4 is 89.8 Å². The van der Waals surface area contributed by atoms with E-state index in [2.05, 4.69) is 73.8 Å². The number of carbonyl (C=O) groups is 2. The first-order chi connectivity index (χ1) is 26.2. The van der Waals surface area contributed by atoms with Gasteiger partial charge in [0, 0.05) is 17.1 Å². The van der Waals surface area contributed by atoms with Gasteiger partial charge in [-0.25, -0.2) is 4.79 Å². The number of rotatable bonds is 7. The maximum absolute atomic E-state index is 14.9. The van der Waals surface area contributed by atoms with Gasteiger partial charge in [0.2, 0.25) is 0 Å². The van der Waals surface area contributed by atoms with Crippen LogP contribution in [0.1, 0.15) is 137 Å². The molecule has 0 amide bonds. The van der Waals surface area contributed by atoms with E-state index in [1.54, 1.807) is 0 Å². The predicted molar refractivity (Wildman–Crippen MR) is 231 cm³/mol. The van der Waals surface area contributed by atoms with Crippen LogP contribution in [-0.4, -0.2) is 30.5 Å². The zero-order chi connectivity index (χ0) is 37.8. The average molecular weight is 1100 g/mol. The molecule has 7 nitrogen and oxygen atoms in total. The van der Waals surface area contributed by atoms with E-state index in [1.807, 2.05) is 18.2 Å². The van der Waals surface area contributed by atoms with Crippen molar-refractivity contribution in [2.24, 2.45) is 58.7 Å². The van der Waals surface area contributed by atoms with Crippen LogP contribution in [0.2, 0.25) is 0 Å². The largest absolute Gasteiger partial charge is 0.455 e. The number of esters is 2. The van der Waals surface area contributed by atoms with Crippen molar-refractivity contribution in [2.45, 2.75) is 131 Å². The fourth-order valence-electron chi connectivity index (χ4n) is 16.2. The summed E-state index contributed by atoms with van der Waals surface area (Å²) in [4.78, 5) is 29.0. The molecule has 55 heavy (non-hydrogen) atoms. The third kappa shape index (κ3) is 6.18. The first-order valence-electron chi connectivity index (χ1n) is 20.9. The Hall–Kier alpha value is -0.520. The van der Waals surface area contributed by atoms with Gasteiger partial charge in [0.1, 0.15) is 16.2 Å². The quantitative estimate of drug-likeness (QED) is 0.0968. The lowest BCUT2D eigenvalue weighted by Crippen LogP contribution is -2.60. The Balaban J connectivity index is 0.976. The summed E-state index contributed by atoms with van der Waals surface area (Å²) in [5, 5.41) is 0. The van der Waals surface area contributed by atoms with Crippen LogP contribution in [0.5, 0.6) is 5.75 Å². The second-order valence-corrected chi connectivity index (χ2v) is 25.3. The van der Waals surface area contributed by atoms with E-state index >= 15 is 0 Å². The molecule has 2 aromatic rings. The summed E-state index contributed by atoms with van der Waals surface area (Å²) in [6.07, 6.45) is 16.8. The molecule has 0 radical (unpaired) electrons. The van der Waals surface area contributed by atoms with Crippen LogP contribution in [-0.2, 0) is 25.1 Å². The van der Waals surface area contributed by atoms with Crippen molar-refractivity contribution in [3.05, 3.63) is 51.7 Å². The first kappa shape index (κ1) is 37.5. The maximum atomic E-state index is 14.9. The lowest BCUT2D eigenvalue weighted by molar-refractivity contribution is -0.189. The van der Waals surface area contributed by atoms with Crippen molar-refractivity contribution in [3.63, 3.8) is 0 Å². The highest BCUT2D eigenvalue weighted by atomic mass is 127. The third-order valence-corrected chi connectivity index (χ3v) is 21.4. The third-order valence-electron chi connectivity index (χ3n) is 16.7. The van der Waals surface area contributed by atoms with E-state index in [0.717, 1.165) is 98.9 Å². The van der Waals surface area contributed by atoms with Crippen LogP contribution in [0.25, 0.3) is 0 Å². The van der Waals surface area contributed by atoms with Crippen molar-refractivity contribution in [1.29, 1.82) is 0 Å². The van der Waals surface area contributed by atoms with Crippen LogP contribution in [0, 0.1) is 69.4 Å². The number of benzene rings is 2. The Labute approximate surface area is 365 Å². The van der Waals surface area contributed by atoms with E-state index in [9.17, 15) is 22.6 Å². The molecule has 11 heteroatoms.